The van der Waals surface area contributed by atoms with Crippen LogP contribution in [0.2, 0.25) is 0 Å². The van der Waals surface area contributed by atoms with E-state index in [0.717, 1.165) is 24.6 Å². The summed E-state index contributed by atoms with van der Waals surface area (Å²) in [6.07, 6.45) is 3.70. The van der Waals surface area contributed by atoms with Gasteiger partial charge in [0.05, 0.1) is 0 Å². The van der Waals surface area contributed by atoms with Crippen molar-refractivity contribution in [3.63, 3.8) is 0 Å². The predicted molar refractivity (Wildman–Crippen MR) is 66.5 cm³/mol. The number of nitrogens with one attached hydrogen (secondary N) is 2. The lowest BCUT2D eigenvalue weighted by atomic mass is 10.2. The smallest absolute Gasteiger partial charge is 0.251 e. The lowest BCUT2D eigenvalue weighted by Crippen LogP contribution is -2.25. The van der Waals surface area contributed by atoms with E-state index in [2.05, 4.69) is 15.7 Å². The van der Waals surface area contributed by atoms with Gasteiger partial charge >= 0.3 is 0 Å². The largest absolute Gasteiger partial charge is 0.352 e. The maximum atomic E-state index is 11.9. The number of hydrogen-bond acceptors (Lipinski definition) is 4. The average molecular weight is 234 g/mol. The molecule has 0 aromatic carbocycles. The van der Waals surface area contributed by atoms with Crippen molar-refractivity contribution in [2.75, 3.05) is 12.0 Å². The van der Waals surface area contributed by atoms with E-state index in [0.29, 0.717) is 11.4 Å². The van der Waals surface area contributed by atoms with Crippen LogP contribution in [0.4, 0.5) is 5.82 Å². The van der Waals surface area contributed by atoms with Crippen molar-refractivity contribution < 1.29 is 4.79 Å². The quantitative estimate of drug-likeness (QED) is 0.528. The lowest BCUT2D eigenvalue weighted by Gasteiger charge is -2.07. The van der Waals surface area contributed by atoms with E-state index in [1.54, 1.807) is 12.1 Å². The summed E-state index contributed by atoms with van der Waals surface area (Å²) in [6, 6.07) is 3.41. The van der Waals surface area contributed by atoms with E-state index in [1.165, 1.54) is 12.8 Å². The second kappa shape index (κ2) is 5.14. The molecule has 0 saturated heterocycles. The molecule has 1 aromatic heterocycles. The van der Waals surface area contributed by atoms with E-state index >= 15 is 0 Å². The molecular weight excluding hydrogens is 216 g/mol. The van der Waals surface area contributed by atoms with E-state index in [9.17, 15) is 4.79 Å². The van der Waals surface area contributed by atoms with Crippen LogP contribution in [0, 0.1) is 12.8 Å². The molecule has 1 saturated carbocycles. The number of nitrogens with zero attached hydrogens (tertiary/aromatic N) is 1. The fourth-order valence-corrected chi connectivity index (χ4v) is 1.77. The molecule has 92 valence electrons. The third-order valence-corrected chi connectivity index (χ3v) is 2.90. The Kier molecular flexibility index (Phi) is 3.58. The summed E-state index contributed by atoms with van der Waals surface area (Å²) in [6.45, 7) is 2.58. The first-order valence-electron chi connectivity index (χ1n) is 5.92. The minimum Gasteiger partial charge on any atom is -0.352 e. The highest BCUT2D eigenvalue weighted by Gasteiger charge is 2.20. The number of amides is 1. The van der Waals surface area contributed by atoms with Gasteiger partial charge in [0.2, 0.25) is 0 Å². The van der Waals surface area contributed by atoms with Gasteiger partial charge in [-0.05, 0) is 31.4 Å². The van der Waals surface area contributed by atoms with Crippen LogP contribution in [0.3, 0.4) is 0 Å². The zero-order valence-electron chi connectivity index (χ0n) is 9.99. The first-order valence-corrected chi connectivity index (χ1v) is 5.92. The van der Waals surface area contributed by atoms with Crippen LogP contribution >= 0.6 is 0 Å². The predicted octanol–water partition coefficient (Wildman–Crippen LogP) is 1.21. The number of nitrogen functional groups attached to an aromatic ring is 1. The van der Waals surface area contributed by atoms with Crippen LogP contribution in [-0.4, -0.2) is 17.4 Å². The van der Waals surface area contributed by atoms with Gasteiger partial charge in [0.15, 0.2) is 0 Å². The molecule has 0 unspecified atom stereocenters. The summed E-state index contributed by atoms with van der Waals surface area (Å²) in [5, 5.41) is 2.91. The number of anilines is 1. The van der Waals surface area contributed by atoms with Crippen molar-refractivity contribution in [2.45, 2.75) is 26.2 Å². The Morgan fingerprint density at radius 3 is 2.94 bits per heavy atom. The molecule has 1 aliphatic rings. The Hall–Kier alpha value is -1.62. The Bertz CT molecular complexity index is 415. The topological polar surface area (TPSA) is 80.0 Å². The summed E-state index contributed by atoms with van der Waals surface area (Å²) in [5.41, 5.74) is 3.83. The molecule has 1 heterocycles. The number of carbonyl (C=O) groups excluding carboxylic acids is 1. The number of aryl methyl sites for hydroxylation is 1. The first-order chi connectivity index (χ1) is 8.19. The molecule has 0 radical (unpaired) electrons. The molecule has 1 fully saturated rings. The number of nitrogens with two attached hydrogens (primary N) is 1. The van der Waals surface area contributed by atoms with Crippen LogP contribution in [0.1, 0.15) is 35.3 Å². The van der Waals surface area contributed by atoms with E-state index in [-0.39, 0.29) is 5.91 Å². The van der Waals surface area contributed by atoms with Crippen molar-refractivity contribution in [1.82, 2.24) is 10.3 Å². The van der Waals surface area contributed by atoms with Gasteiger partial charge in [-0.15, -0.1) is 0 Å². The number of aromatic nitrogens is 1. The van der Waals surface area contributed by atoms with Crippen LogP contribution in [0.25, 0.3) is 0 Å². The molecule has 4 N–H and O–H groups in total. The standard InChI is InChI=1S/C12H18N4O/c1-8-6-10(7-11(15-8)16-13)12(17)14-5-4-9-2-3-9/h6-7,9H,2-5,13H2,1H3,(H,14,17)(H,15,16). The summed E-state index contributed by atoms with van der Waals surface area (Å²) < 4.78 is 0. The molecule has 2 rings (SSSR count). The van der Waals surface area contributed by atoms with Gasteiger partial charge < -0.3 is 10.7 Å². The zero-order valence-corrected chi connectivity index (χ0v) is 9.99. The minimum atomic E-state index is -0.0624. The Morgan fingerprint density at radius 1 is 1.53 bits per heavy atom. The summed E-state index contributed by atoms with van der Waals surface area (Å²) >= 11 is 0. The molecular formula is C12H18N4O. The number of carbonyl (C=O) groups is 1. The van der Waals surface area contributed by atoms with Gasteiger partial charge in [-0.1, -0.05) is 12.8 Å². The zero-order chi connectivity index (χ0) is 12.3. The Morgan fingerprint density at radius 2 is 2.29 bits per heavy atom. The van der Waals surface area contributed by atoms with Crippen molar-refractivity contribution in [1.29, 1.82) is 0 Å². The molecule has 1 amide bonds. The van der Waals surface area contributed by atoms with Crippen molar-refractivity contribution in [3.8, 4) is 0 Å². The maximum absolute atomic E-state index is 11.9. The summed E-state index contributed by atoms with van der Waals surface area (Å²) in [7, 11) is 0. The van der Waals surface area contributed by atoms with Crippen molar-refractivity contribution in [2.24, 2.45) is 11.8 Å². The van der Waals surface area contributed by atoms with E-state index in [4.69, 9.17) is 5.84 Å². The highest BCUT2D eigenvalue weighted by molar-refractivity contribution is 5.94. The minimum absolute atomic E-state index is 0.0624. The van der Waals surface area contributed by atoms with Crippen molar-refractivity contribution in [3.05, 3.63) is 23.4 Å². The first kappa shape index (κ1) is 11.9. The van der Waals surface area contributed by atoms with Gasteiger partial charge in [-0.3, -0.25) is 4.79 Å². The average Bonchev–Trinajstić information content (AvgIpc) is 3.12. The maximum Gasteiger partial charge on any atom is 0.251 e. The number of hydrazine groups is 1. The molecule has 1 aromatic rings. The Balaban J connectivity index is 1.94. The molecule has 17 heavy (non-hydrogen) atoms. The van der Waals surface area contributed by atoms with Crippen LogP contribution in [0.15, 0.2) is 12.1 Å². The Labute approximate surface area is 101 Å². The monoisotopic (exact) mass is 234 g/mol. The third kappa shape index (κ3) is 3.42. The number of pyridine rings is 1. The SMILES string of the molecule is Cc1cc(C(=O)NCCC2CC2)cc(NN)n1. The lowest BCUT2D eigenvalue weighted by molar-refractivity contribution is 0.0952. The molecule has 5 heteroatoms. The fraction of sp³-hybridized carbons (Fsp3) is 0.500. The number of rotatable bonds is 5. The van der Waals surface area contributed by atoms with Crippen LogP contribution < -0.4 is 16.6 Å². The fourth-order valence-electron chi connectivity index (χ4n) is 1.77. The van der Waals surface area contributed by atoms with E-state index in [1.807, 2.05) is 6.92 Å². The highest BCUT2D eigenvalue weighted by atomic mass is 16.1. The van der Waals surface area contributed by atoms with E-state index < -0.39 is 0 Å². The second-order valence-corrected chi connectivity index (χ2v) is 4.51. The van der Waals surface area contributed by atoms with Gasteiger partial charge in [-0.25, -0.2) is 10.8 Å². The molecule has 1 aliphatic carbocycles. The summed E-state index contributed by atoms with van der Waals surface area (Å²) in [5.74, 6) is 6.57. The number of hydrogen-bond donors (Lipinski definition) is 3. The molecule has 0 aliphatic heterocycles. The van der Waals surface area contributed by atoms with Crippen LogP contribution in [0.5, 0.6) is 0 Å². The summed E-state index contributed by atoms with van der Waals surface area (Å²) in [4.78, 5) is 16.0. The van der Waals surface area contributed by atoms with Gasteiger partial charge in [0.1, 0.15) is 5.82 Å². The normalized spacial score (nSPS) is 14.5. The molecule has 0 spiro atoms. The van der Waals surface area contributed by atoms with Gasteiger partial charge in [0.25, 0.3) is 5.91 Å². The van der Waals surface area contributed by atoms with Gasteiger partial charge in [-0.2, -0.15) is 0 Å². The van der Waals surface area contributed by atoms with Crippen molar-refractivity contribution >= 4 is 11.7 Å². The van der Waals surface area contributed by atoms with Crippen LogP contribution in [-0.2, 0) is 0 Å². The third-order valence-electron chi connectivity index (χ3n) is 2.90. The molecule has 5 nitrogen and oxygen atoms in total. The second-order valence-electron chi connectivity index (χ2n) is 4.51. The molecule has 0 atom stereocenters. The highest BCUT2D eigenvalue weighted by Crippen LogP contribution is 2.31. The van der Waals surface area contributed by atoms with Gasteiger partial charge in [0, 0.05) is 17.8 Å². The molecule has 0 bridgehead atoms.